The number of hydrogen-bond acceptors (Lipinski definition) is 5. The van der Waals surface area contributed by atoms with Gasteiger partial charge in [0.1, 0.15) is 0 Å². The first-order valence-corrected chi connectivity index (χ1v) is 10.1. The van der Waals surface area contributed by atoms with Crippen LogP contribution in [0.2, 0.25) is 5.02 Å². The highest BCUT2D eigenvalue weighted by Crippen LogP contribution is 2.32. The van der Waals surface area contributed by atoms with Crippen molar-refractivity contribution in [3.63, 3.8) is 0 Å². The summed E-state index contributed by atoms with van der Waals surface area (Å²) in [5, 5.41) is 4.34. The van der Waals surface area contributed by atoms with Crippen LogP contribution in [0, 0.1) is 0 Å². The van der Waals surface area contributed by atoms with E-state index in [1.165, 1.54) is 10.5 Å². The summed E-state index contributed by atoms with van der Waals surface area (Å²) in [4.78, 5) is 17.9. The molecule has 7 nitrogen and oxygen atoms in total. The maximum Gasteiger partial charge on any atom is 0.243 e. The molecule has 0 unspecified atom stereocenters. The van der Waals surface area contributed by atoms with Crippen LogP contribution in [-0.2, 0) is 14.8 Å². The fourth-order valence-electron chi connectivity index (χ4n) is 3.14. The monoisotopic (exact) mass is 396 g/mol. The van der Waals surface area contributed by atoms with E-state index >= 15 is 0 Å². The van der Waals surface area contributed by atoms with Gasteiger partial charge in [0.25, 0.3) is 0 Å². The van der Waals surface area contributed by atoms with E-state index in [0.717, 1.165) is 0 Å². The van der Waals surface area contributed by atoms with Gasteiger partial charge in [-0.15, -0.1) is 0 Å². The number of likely N-dealkylation sites (N-methyl/N-ethyl adjacent to an activating group) is 1. The first-order chi connectivity index (χ1) is 12.3. The largest absolute Gasteiger partial charge is 0.351 e. The Morgan fingerprint density at radius 3 is 2.88 bits per heavy atom. The number of nitrogens with one attached hydrogen (secondary N) is 1. The van der Waals surface area contributed by atoms with Gasteiger partial charge in [-0.05, 0) is 26.6 Å². The van der Waals surface area contributed by atoms with Crippen LogP contribution in [0.25, 0.3) is 10.8 Å². The normalized spacial score (nSPS) is 18.5. The highest BCUT2D eigenvalue weighted by molar-refractivity contribution is 7.89. The zero-order valence-electron chi connectivity index (χ0n) is 14.6. The standard InChI is InChI=1S/C17H21ClN4O3S/c1-21(2)11-16(23)20-13-6-7-22(10-13)26(24,25)15-5-3-4-12-8-19-9-14(18)17(12)15/h3-5,8-9,13H,6-7,10-11H2,1-2H3,(H,20,23)/t13-/m1/s1. The number of amides is 1. The summed E-state index contributed by atoms with van der Waals surface area (Å²) in [6.07, 6.45) is 3.62. The van der Waals surface area contributed by atoms with Gasteiger partial charge in [0.15, 0.2) is 0 Å². The van der Waals surface area contributed by atoms with Crippen LogP contribution in [0.3, 0.4) is 0 Å². The van der Waals surface area contributed by atoms with E-state index in [9.17, 15) is 13.2 Å². The van der Waals surface area contributed by atoms with Gasteiger partial charge in [-0.2, -0.15) is 4.31 Å². The molecule has 0 radical (unpaired) electrons. The molecule has 26 heavy (non-hydrogen) atoms. The Bertz CT molecular complexity index is 927. The van der Waals surface area contributed by atoms with Crippen LogP contribution < -0.4 is 5.32 Å². The van der Waals surface area contributed by atoms with Crippen molar-refractivity contribution in [2.45, 2.75) is 17.4 Å². The van der Waals surface area contributed by atoms with Gasteiger partial charge in [-0.3, -0.25) is 9.78 Å². The average Bonchev–Trinajstić information content (AvgIpc) is 3.03. The molecule has 1 N–H and O–H groups in total. The molecule has 1 aliphatic heterocycles. The number of fused-ring (bicyclic) bond motifs is 1. The van der Waals surface area contributed by atoms with Crippen molar-refractivity contribution in [2.75, 3.05) is 33.7 Å². The number of sulfonamides is 1. The number of halogens is 1. The maximum atomic E-state index is 13.1. The molecule has 3 rings (SSSR count). The molecule has 140 valence electrons. The topological polar surface area (TPSA) is 82.6 Å². The van der Waals surface area contributed by atoms with E-state index in [-0.39, 0.29) is 29.9 Å². The van der Waals surface area contributed by atoms with Gasteiger partial charge in [0, 0.05) is 42.3 Å². The van der Waals surface area contributed by atoms with E-state index in [4.69, 9.17) is 11.6 Å². The molecule has 1 fully saturated rings. The SMILES string of the molecule is CN(C)CC(=O)N[C@@H]1CCN(S(=O)(=O)c2cccc3cncc(Cl)c23)C1. The first-order valence-electron chi connectivity index (χ1n) is 8.25. The molecule has 1 saturated heterocycles. The zero-order chi connectivity index (χ0) is 18.9. The highest BCUT2D eigenvalue weighted by atomic mass is 35.5. The maximum absolute atomic E-state index is 13.1. The molecule has 0 aliphatic carbocycles. The Morgan fingerprint density at radius 2 is 2.15 bits per heavy atom. The Balaban J connectivity index is 1.83. The van der Waals surface area contributed by atoms with E-state index in [1.54, 1.807) is 29.3 Å². The van der Waals surface area contributed by atoms with Gasteiger partial charge < -0.3 is 10.2 Å². The van der Waals surface area contributed by atoms with Crippen LogP contribution in [0.1, 0.15) is 6.42 Å². The number of benzene rings is 1. The number of carbonyl (C=O) groups is 1. The fourth-order valence-corrected chi connectivity index (χ4v) is 5.20. The van der Waals surface area contributed by atoms with Gasteiger partial charge in [-0.1, -0.05) is 23.7 Å². The lowest BCUT2D eigenvalue weighted by Crippen LogP contribution is -2.42. The minimum absolute atomic E-state index is 0.112. The molecular weight excluding hydrogens is 376 g/mol. The number of nitrogens with zero attached hydrogens (tertiary/aromatic N) is 3. The van der Waals surface area contributed by atoms with Gasteiger partial charge in [0.05, 0.1) is 16.5 Å². The Labute approximate surface area is 158 Å². The number of pyridine rings is 1. The van der Waals surface area contributed by atoms with E-state index in [2.05, 4.69) is 10.3 Å². The lowest BCUT2D eigenvalue weighted by atomic mass is 10.2. The second-order valence-corrected chi connectivity index (χ2v) is 8.94. The molecule has 2 heterocycles. The molecule has 2 aromatic rings. The molecule has 1 aromatic heterocycles. The molecule has 9 heteroatoms. The van der Waals surface area contributed by atoms with E-state index in [1.807, 2.05) is 14.1 Å². The summed E-state index contributed by atoms with van der Waals surface area (Å²) in [6, 6.07) is 4.83. The van der Waals surface area contributed by atoms with E-state index < -0.39 is 10.0 Å². The lowest BCUT2D eigenvalue weighted by molar-refractivity contribution is -0.122. The van der Waals surface area contributed by atoms with Crippen molar-refractivity contribution >= 4 is 38.3 Å². The van der Waals surface area contributed by atoms with Crippen LogP contribution in [-0.4, -0.2) is 68.3 Å². The molecular formula is C17H21ClN4O3S. The third kappa shape index (κ3) is 3.83. The van der Waals surface area contributed by atoms with Crippen LogP contribution in [0.4, 0.5) is 0 Å². The van der Waals surface area contributed by atoms with Crippen LogP contribution in [0.5, 0.6) is 0 Å². The number of rotatable bonds is 5. The van der Waals surface area contributed by atoms with Crippen molar-refractivity contribution in [1.82, 2.24) is 19.5 Å². The molecule has 0 saturated carbocycles. The highest BCUT2D eigenvalue weighted by Gasteiger charge is 2.34. The summed E-state index contributed by atoms with van der Waals surface area (Å²) in [7, 11) is -0.101. The third-order valence-corrected chi connectivity index (χ3v) is 6.49. The number of aromatic nitrogens is 1. The predicted molar refractivity (Wildman–Crippen MR) is 101 cm³/mol. The van der Waals surface area contributed by atoms with E-state index in [0.29, 0.717) is 28.8 Å². The second-order valence-electron chi connectivity index (χ2n) is 6.63. The van der Waals surface area contributed by atoms with Gasteiger partial charge in [0.2, 0.25) is 15.9 Å². The second kappa shape index (κ2) is 7.48. The predicted octanol–water partition coefficient (Wildman–Crippen LogP) is 1.33. The Morgan fingerprint density at radius 1 is 1.38 bits per heavy atom. The van der Waals surface area contributed by atoms with Crippen LogP contribution >= 0.6 is 11.6 Å². The summed E-state index contributed by atoms with van der Waals surface area (Å²) >= 11 is 6.21. The minimum Gasteiger partial charge on any atom is -0.351 e. The zero-order valence-corrected chi connectivity index (χ0v) is 16.2. The first kappa shape index (κ1) is 19.0. The molecule has 0 spiro atoms. The van der Waals surface area contributed by atoms with Crippen LogP contribution in [0.15, 0.2) is 35.5 Å². The Hall–Kier alpha value is -1.74. The Kier molecular flexibility index (Phi) is 5.47. The van der Waals surface area contributed by atoms with Crippen molar-refractivity contribution in [3.8, 4) is 0 Å². The number of hydrogen-bond donors (Lipinski definition) is 1. The van der Waals surface area contributed by atoms with Gasteiger partial charge in [-0.25, -0.2) is 8.42 Å². The molecule has 1 amide bonds. The average molecular weight is 397 g/mol. The molecule has 0 bridgehead atoms. The third-order valence-electron chi connectivity index (χ3n) is 4.29. The summed E-state index contributed by atoms with van der Waals surface area (Å²) < 4.78 is 27.7. The van der Waals surface area contributed by atoms with Crippen molar-refractivity contribution in [3.05, 3.63) is 35.6 Å². The fraction of sp³-hybridized carbons (Fsp3) is 0.412. The number of carbonyl (C=O) groups excluding carboxylic acids is 1. The summed E-state index contributed by atoms with van der Waals surface area (Å²) in [5.41, 5.74) is 0. The van der Waals surface area contributed by atoms with Crippen molar-refractivity contribution in [2.24, 2.45) is 0 Å². The molecule has 1 atom stereocenters. The van der Waals surface area contributed by atoms with Crippen molar-refractivity contribution < 1.29 is 13.2 Å². The van der Waals surface area contributed by atoms with Crippen molar-refractivity contribution in [1.29, 1.82) is 0 Å². The molecule has 1 aromatic carbocycles. The summed E-state index contributed by atoms with van der Waals surface area (Å²) in [5.74, 6) is -0.112. The summed E-state index contributed by atoms with van der Waals surface area (Å²) in [6.45, 7) is 0.879. The molecule has 1 aliphatic rings. The van der Waals surface area contributed by atoms with Gasteiger partial charge >= 0.3 is 0 Å². The smallest absolute Gasteiger partial charge is 0.243 e. The quantitative estimate of drug-likeness (QED) is 0.824. The minimum atomic E-state index is -3.72. The lowest BCUT2D eigenvalue weighted by Gasteiger charge is -2.19.